The summed E-state index contributed by atoms with van der Waals surface area (Å²) in [4.78, 5) is 19.2. The van der Waals surface area contributed by atoms with Crippen LogP contribution in [0.3, 0.4) is 0 Å². The van der Waals surface area contributed by atoms with E-state index in [1.54, 1.807) is 0 Å². The minimum Gasteiger partial charge on any atom is -0.342 e. The highest BCUT2D eigenvalue weighted by Crippen LogP contribution is 2.23. The maximum absolute atomic E-state index is 12.5. The number of fused-ring (bicyclic) bond motifs is 1. The highest BCUT2D eigenvalue weighted by Gasteiger charge is 2.19. The Hall–Kier alpha value is -1.90. The predicted octanol–water partition coefficient (Wildman–Crippen LogP) is 3.41. The van der Waals surface area contributed by atoms with Gasteiger partial charge in [0.2, 0.25) is 5.91 Å². The maximum atomic E-state index is 12.5. The van der Waals surface area contributed by atoms with Crippen LogP contribution in [0.1, 0.15) is 36.1 Å². The molecule has 1 fully saturated rings. The third-order valence-corrected chi connectivity index (χ3v) is 4.52. The van der Waals surface area contributed by atoms with Crippen molar-refractivity contribution in [3.8, 4) is 0 Å². The molecule has 3 nitrogen and oxygen atoms in total. The number of piperidine rings is 1. The minimum atomic E-state index is 0.248. The van der Waals surface area contributed by atoms with Gasteiger partial charge in [0.25, 0.3) is 0 Å². The average molecular weight is 282 g/mol. The summed E-state index contributed by atoms with van der Waals surface area (Å²) in [5.41, 5.74) is 4.30. The van der Waals surface area contributed by atoms with Crippen molar-refractivity contribution >= 4 is 16.8 Å². The Bertz CT molecular complexity index is 672. The molecule has 0 radical (unpaired) electrons. The maximum Gasteiger partial charge on any atom is 0.227 e. The molecule has 1 aromatic heterocycles. The SMILES string of the molecule is Cc1nc2ccccc2c(C)c1CC(=O)N1CCCCC1. The summed E-state index contributed by atoms with van der Waals surface area (Å²) in [5.74, 6) is 0.248. The predicted molar refractivity (Wildman–Crippen MR) is 85.4 cm³/mol. The molecule has 0 bridgehead atoms. The van der Waals surface area contributed by atoms with E-state index in [2.05, 4.69) is 18.0 Å². The number of amides is 1. The number of benzene rings is 1. The van der Waals surface area contributed by atoms with E-state index in [1.807, 2.05) is 30.0 Å². The summed E-state index contributed by atoms with van der Waals surface area (Å²) >= 11 is 0. The third-order valence-electron chi connectivity index (χ3n) is 4.52. The van der Waals surface area contributed by atoms with Crippen molar-refractivity contribution in [1.29, 1.82) is 0 Å². The highest BCUT2D eigenvalue weighted by atomic mass is 16.2. The second-order valence-corrected chi connectivity index (χ2v) is 5.94. The molecule has 1 aliphatic rings. The largest absolute Gasteiger partial charge is 0.342 e. The first-order valence-corrected chi connectivity index (χ1v) is 7.79. The fourth-order valence-corrected chi connectivity index (χ4v) is 3.24. The lowest BCUT2D eigenvalue weighted by Gasteiger charge is -2.27. The van der Waals surface area contributed by atoms with Crippen LogP contribution in [0.5, 0.6) is 0 Å². The number of hydrogen-bond acceptors (Lipinski definition) is 2. The van der Waals surface area contributed by atoms with E-state index in [9.17, 15) is 4.79 Å². The van der Waals surface area contributed by atoms with E-state index >= 15 is 0 Å². The van der Waals surface area contributed by atoms with Crippen LogP contribution in [0.2, 0.25) is 0 Å². The van der Waals surface area contributed by atoms with Crippen LogP contribution in [-0.4, -0.2) is 28.9 Å². The molecule has 0 saturated carbocycles. The summed E-state index contributed by atoms with van der Waals surface area (Å²) in [6.45, 7) is 5.95. The van der Waals surface area contributed by atoms with Gasteiger partial charge in [-0.1, -0.05) is 18.2 Å². The van der Waals surface area contributed by atoms with Gasteiger partial charge in [0.15, 0.2) is 0 Å². The molecule has 0 atom stereocenters. The van der Waals surface area contributed by atoms with Crippen molar-refractivity contribution in [3.05, 3.63) is 41.1 Å². The Labute approximate surface area is 126 Å². The summed E-state index contributed by atoms with van der Waals surface area (Å²) in [7, 11) is 0. The highest BCUT2D eigenvalue weighted by molar-refractivity contribution is 5.86. The number of nitrogens with zero attached hydrogens (tertiary/aromatic N) is 2. The second kappa shape index (κ2) is 5.84. The third kappa shape index (κ3) is 2.78. The molecule has 0 spiro atoms. The number of pyridine rings is 1. The summed E-state index contributed by atoms with van der Waals surface area (Å²) in [6, 6.07) is 8.16. The molecule has 0 N–H and O–H groups in total. The van der Waals surface area contributed by atoms with Crippen LogP contribution in [0.4, 0.5) is 0 Å². The molecule has 2 heterocycles. The zero-order valence-electron chi connectivity index (χ0n) is 12.9. The number of carbonyl (C=O) groups excluding carboxylic acids is 1. The first kappa shape index (κ1) is 14.1. The zero-order valence-corrected chi connectivity index (χ0v) is 12.9. The molecule has 3 heteroatoms. The van der Waals surface area contributed by atoms with E-state index in [4.69, 9.17) is 0 Å². The van der Waals surface area contributed by atoms with E-state index in [-0.39, 0.29) is 5.91 Å². The lowest BCUT2D eigenvalue weighted by Crippen LogP contribution is -2.36. The van der Waals surface area contributed by atoms with Gasteiger partial charge >= 0.3 is 0 Å². The molecule has 1 saturated heterocycles. The monoisotopic (exact) mass is 282 g/mol. The fourth-order valence-electron chi connectivity index (χ4n) is 3.24. The summed E-state index contributed by atoms with van der Waals surface area (Å²) in [6.07, 6.45) is 4.01. The van der Waals surface area contributed by atoms with Crippen LogP contribution in [0.15, 0.2) is 24.3 Å². The lowest BCUT2D eigenvalue weighted by molar-refractivity contribution is -0.131. The molecular formula is C18H22N2O. The van der Waals surface area contributed by atoms with Gasteiger partial charge in [0.1, 0.15) is 0 Å². The Morgan fingerprint density at radius 3 is 2.62 bits per heavy atom. The van der Waals surface area contributed by atoms with Crippen LogP contribution in [0.25, 0.3) is 10.9 Å². The van der Waals surface area contributed by atoms with Gasteiger partial charge in [-0.2, -0.15) is 0 Å². The Kier molecular flexibility index (Phi) is 3.91. The molecule has 1 amide bonds. The molecule has 21 heavy (non-hydrogen) atoms. The van der Waals surface area contributed by atoms with Crippen LogP contribution in [0, 0.1) is 13.8 Å². The van der Waals surface area contributed by atoms with Crippen LogP contribution in [-0.2, 0) is 11.2 Å². The van der Waals surface area contributed by atoms with Gasteiger partial charge in [0, 0.05) is 24.2 Å². The van der Waals surface area contributed by atoms with E-state index in [1.165, 1.54) is 12.0 Å². The molecule has 1 aliphatic heterocycles. The van der Waals surface area contributed by atoms with Crippen LogP contribution >= 0.6 is 0 Å². The van der Waals surface area contributed by atoms with Crippen molar-refractivity contribution < 1.29 is 4.79 Å². The Morgan fingerprint density at radius 1 is 1.14 bits per heavy atom. The number of carbonyl (C=O) groups is 1. The normalized spacial score (nSPS) is 15.4. The van der Waals surface area contributed by atoms with Crippen molar-refractivity contribution in [2.75, 3.05) is 13.1 Å². The second-order valence-electron chi connectivity index (χ2n) is 5.94. The van der Waals surface area contributed by atoms with Crippen molar-refractivity contribution in [2.24, 2.45) is 0 Å². The fraction of sp³-hybridized carbons (Fsp3) is 0.444. The van der Waals surface area contributed by atoms with Gasteiger partial charge in [-0.3, -0.25) is 9.78 Å². The smallest absolute Gasteiger partial charge is 0.227 e. The first-order chi connectivity index (χ1) is 10.2. The van der Waals surface area contributed by atoms with E-state index in [0.29, 0.717) is 6.42 Å². The van der Waals surface area contributed by atoms with Gasteiger partial charge < -0.3 is 4.90 Å². The topological polar surface area (TPSA) is 33.2 Å². The zero-order chi connectivity index (χ0) is 14.8. The number of aromatic nitrogens is 1. The molecule has 0 unspecified atom stereocenters. The van der Waals surface area contributed by atoms with Gasteiger partial charge in [0.05, 0.1) is 11.9 Å². The molecule has 3 rings (SSSR count). The van der Waals surface area contributed by atoms with Crippen molar-refractivity contribution in [3.63, 3.8) is 0 Å². The number of aryl methyl sites for hydroxylation is 2. The Morgan fingerprint density at radius 2 is 1.86 bits per heavy atom. The molecule has 110 valence electrons. The number of rotatable bonds is 2. The molecule has 0 aliphatic carbocycles. The number of para-hydroxylation sites is 1. The first-order valence-electron chi connectivity index (χ1n) is 7.79. The molecule has 2 aromatic rings. The van der Waals surface area contributed by atoms with Crippen molar-refractivity contribution in [1.82, 2.24) is 9.88 Å². The quantitative estimate of drug-likeness (QED) is 0.845. The van der Waals surface area contributed by atoms with Gasteiger partial charge in [-0.15, -0.1) is 0 Å². The minimum absolute atomic E-state index is 0.248. The summed E-state index contributed by atoms with van der Waals surface area (Å²) in [5, 5.41) is 1.16. The van der Waals surface area contributed by atoms with E-state index < -0.39 is 0 Å². The number of likely N-dealkylation sites (tertiary alicyclic amines) is 1. The lowest BCUT2D eigenvalue weighted by atomic mass is 9.98. The van der Waals surface area contributed by atoms with Gasteiger partial charge in [-0.05, 0) is 50.3 Å². The Balaban J connectivity index is 1.91. The van der Waals surface area contributed by atoms with Gasteiger partial charge in [-0.25, -0.2) is 0 Å². The van der Waals surface area contributed by atoms with Crippen LogP contribution < -0.4 is 0 Å². The summed E-state index contributed by atoms with van der Waals surface area (Å²) < 4.78 is 0. The standard InChI is InChI=1S/C18H22N2O/c1-13-15-8-4-5-9-17(15)19-14(2)16(13)12-18(21)20-10-6-3-7-11-20/h4-5,8-9H,3,6-7,10-12H2,1-2H3. The molecule has 1 aromatic carbocycles. The average Bonchev–Trinajstić information content (AvgIpc) is 2.52. The van der Waals surface area contributed by atoms with Crippen molar-refractivity contribution in [2.45, 2.75) is 39.5 Å². The number of hydrogen-bond donors (Lipinski definition) is 0. The van der Waals surface area contributed by atoms with E-state index in [0.717, 1.165) is 48.1 Å². The molecular weight excluding hydrogens is 260 g/mol.